The van der Waals surface area contributed by atoms with Gasteiger partial charge in [0.05, 0.1) is 12.0 Å². The van der Waals surface area contributed by atoms with E-state index < -0.39 is 0 Å². The first-order valence-corrected chi connectivity index (χ1v) is 7.02. The lowest BCUT2D eigenvalue weighted by molar-refractivity contribution is -0.156. The van der Waals surface area contributed by atoms with Crippen LogP contribution in [0.2, 0.25) is 0 Å². The molecular weight excluding hydrogens is 256 g/mol. The highest BCUT2D eigenvalue weighted by Gasteiger charge is 2.35. The van der Waals surface area contributed by atoms with Crippen LogP contribution in [0.25, 0.3) is 0 Å². The number of ether oxygens (including phenoxy) is 1. The summed E-state index contributed by atoms with van der Waals surface area (Å²) in [5.74, 6) is -0.00966. The average Bonchev–Trinajstić information content (AvgIpc) is 2.25. The van der Waals surface area contributed by atoms with Crippen LogP contribution in [0.3, 0.4) is 0 Å². The fourth-order valence-electron chi connectivity index (χ4n) is 1.84. The maximum absolute atomic E-state index is 11.9. The predicted molar refractivity (Wildman–Crippen MR) is 67.3 cm³/mol. The van der Waals surface area contributed by atoms with Crippen LogP contribution in [-0.4, -0.2) is 17.9 Å². The fourth-order valence-corrected chi connectivity index (χ4v) is 2.23. The van der Waals surface area contributed by atoms with Gasteiger partial charge in [-0.2, -0.15) is 0 Å². The first-order chi connectivity index (χ1) is 7.16. The lowest BCUT2D eigenvalue weighted by Gasteiger charge is -2.28. The van der Waals surface area contributed by atoms with Gasteiger partial charge in [-0.15, -0.1) is 0 Å². The quantitative estimate of drug-likeness (QED) is 0.382. The standard InChI is InChI=1S/C12H23BrO2/c1-4-12(5-2,9-7-8-10-13)11(14)15-6-3/h4-10H2,1-3H3. The molecule has 0 aliphatic rings. The summed E-state index contributed by atoms with van der Waals surface area (Å²) in [4.78, 5) is 11.9. The fraction of sp³-hybridized carbons (Fsp3) is 0.917. The molecule has 0 heterocycles. The van der Waals surface area contributed by atoms with E-state index in [9.17, 15) is 4.79 Å². The molecule has 0 saturated carbocycles. The molecule has 0 fully saturated rings. The van der Waals surface area contributed by atoms with Crippen molar-refractivity contribution in [2.75, 3.05) is 11.9 Å². The molecule has 90 valence electrons. The molecule has 0 radical (unpaired) electrons. The maximum atomic E-state index is 11.9. The van der Waals surface area contributed by atoms with Gasteiger partial charge in [-0.25, -0.2) is 0 Å². The Labute approximate surface area is 102 Å². The summed E-state index contributed by atoms with van der Waals surface area (Å²) >= 11 is 3.41. The van der Waals surface area contributed by atoms with E-state index in [0.717, 1.165) is 37.4 Å². The molecule has 0 atom stereocenters. The van der Waals surface area contributed by atoms with Crippen LogP contribution in [0.5, 0.6) is 0 Å². The van der Waals surface area contributed by atoms with Crippen molar-refractivity contribution in [3.05, 3.63) is 0 Å². The van der Waals surface area contributed by atoms with Gasteiger partial charge in [0.2, 0.25) is 0 Å². The number of hydrogen-bond donors (Lipinski definition) is 0. The zero-order valence-electron chi connectivity index (χ0n) is 10.1. The molecule has 0 aromatic carbocycles. The Morgan fingerprint density at radius 1 is 1.20 bits per heavy atom. The number of esters is 1. The predicted octanol–water partition coefficient (Wildman–Crippen LogP) is 3.92. The number of hydrogen-bond acceptors (Lipinski definition) is 2. The first-order valence-electron chi connectivity index (χ1n) is 5.90. The Kier molecular flexibility index (Phi) is 8.12. The monoisotopic (exact) mass is 278 g/mol. The summed E-state index contributed by atoms with van der Waals surface area (Å²) in [5, 5.41) is 1.01. The first kappa shape index (κ1) is 14.9. The van der Waals surface area contributed by atoms with E-state index in [0.29, 0.717) is 6.61 Å². The van der Waals surface area contributed by atoms with Crippen molar-refractivity contribution in [2.24, 2.45) is 5.41 Å². The molecular formula is C12H23BrO2. The molecule has 0 aromatic rings. The van der Waals surface area contributed by atoms with Crippen molar-refractivity contribution < 1.29 is 9.53 Å². The minimum atomic E-state index is -0.238. The van der Waals surface area contributed by atoms with E-state index in [1.54, 1.807) is 0 Å². The van der Waals surface area contributed by atoms with E-state index in [2.05, 4.69) is 29.8 Å². The SMILES string of the molecule is CCOC(=O)C(CC)(CC)CCCCBr. The van der Waals surface area contributed by atoms with Crippen molar-refractivity contribution in [1.29, 1.82) is 0 Å². The molecule has 0 amide bonds. The van der Waals surface area contributed by atoms with Crippen LogP contribution in [0.15, 0.2) is 0 Å². The number of halogens is 1. The Morgan fingerprint density at radius 3 is 2.20 bits per heavy atom. The molecule has 0 aliphatic carbocycles. The Bertz CT molecular complexity index is 176. The zero-order valence-corrected chi connectivity index (χ0v) is 11.7. The molecule has 0 N–H and O–H groups in total. The van der Waals surface area contributed by atoms with Crippen molar-refractivity contribution in [3.63, 3.8) is 0 Å². The van der Waals surface area contributed by atoms with E-state index >= 15 is 0 Å². The second kappa shape index (κ2) is 8.14. The van der Waals surface area contributed by atoms with Gasteiger partial charge >= 0.3 is 5.97 Å². The summed E-state index contributed by atoms with van der Waals surface area (Å²) in [6, 6.07) is 0. The topological polar surface area (TPSA) is 26.3 Å². The highest BCUT2D eigenvalue weighted by Crippen LogP contribution is 2.34. The smallest absolute Gasteiger partial charge is 0.312 e. The molecule has 0 spiro atoms. The number of carbonyl (C=O) groups is 1. The second-order valence-electron chi connectivity index (χ2n) is 3.85. The summed E-state index contributed by atoms with van der Waals surface area (Å²) in [6.07, 6.45) is 4.92. The van der Waals surface area contributed by atoms with Gasteiger partial charge in [0, 0.05) is 5.33 Å². The Hall–Kier alpha value is -0.0500. The van der Waals surface area contributed by atoms with Gasteiger partial charge in [-0.05, 0) is 32.6 Å². The van der Waals surface area contributed by atoms with E-state index in [1.165, 1.54) is 0 Å². The summed E-state index contributed by atoms with van der Waals surface area (Å²) in [6.45, 7) is 6.51. The number of rotatable bonds is 8. The van der Waals surface area contributed by atoms with Gasteiger partial charge in [-0.3, -0.25) is 4.79 Å². The van der Waals surface area contributed by atoms with Crippen molar-refractivity contribution in [1.82, 2.24) is 0 Å². The van der Waals surface area contributed by atoms with E-state index in [-0.39, 0.29) is 11.4 Å². The molecule has 0 saturated heterocycles. The van der Waals surface area contributed by atoms with Gasteiger partial charge in [0.15, 0.2) is 0 Å². The molecule has 0 aromatic heterocycles. The highest BCUT2D eigenvalue weighted by atomic mass is 79.9. The Balaban J connectivity index is 4.35. The number of unbranched alkanes of at least 4 members (excludes halogenated alkanes) is 1. The van der Waals surface area contributed by atoms with E-state index in [4.69, 9.17) is 4.74 Å². The molecule has 2 nitrogen and oxygen atoms in total. The van der Waals surface area contributed by atoms with Crippen LogP contribution >= 0.6 is 15.9 Å². The molecule has 0 unspecified atom stereocenters. The van der Waals surface area contributed by atoms with Gasteiger partial charge < -0.3 is 4.74 Å². The summed E-state index contributed by atoms with van der Waals surface area (Å²) in [5.41, 5.74) is -0.238. The minimum Gasteiger partial charge on any atom is -0.466 e. The third kappa shape index (κ3) is 4.54. The van der Waals surface area contributed by atoms with Crippen molar-refractivity contribution in [3.8, 4) is 0 Å². The lowest BCUT2D eigenvalue weighted by atomic mass is 9.78. The molecule has 0 aliphatic heterocycles. The van der Waals surface area contributed by atoms with Crippen LogP contribution in [0.1, 0.15) is 52.9 Å². The molecule has 0 rings (SSSR count). The molecule has 3 heteroatoms. The minimum absolute atomic E-state index is 0.00966. The molecule has 0 bridgehead atoms. The van der Waals surface area contributed by atoms with Crippen LogP contribution in [0, 0.1) is 5.41 Å². The van der Waals surface area contributed by atoms with Gasteiger partial charge in [0.1, 0.15) is 0 Å². The average molecular weight is 279 g/mol. The second-order valence-corrected chi connectivity index (χ2v) is 4.65. The Morgan fingerprint density at radius 2 is 1.80 bits per heavy atom. The zero-order chi connectivity index (χ0) is 11.7. The number of carbonyl (C=O) groups excluding carboxylic acids is 1. The molecule has 15 heavy (non-hydrogen) atoms. The third-order valence-corrected chi connectivity index (χ3v) is 3.66. The van der Waals surface area contributed by atoms with Crippen LogP contribution < -0.4 is 0 Å². The van der Waals surface area contributed by atoms with Gasteiger partial charge in [-0.1, -0.05) is 36.2 Å². The van der Waals surface area contributed by atoms with Crippen LogP contribution in [-0.2, 0) is 9.53 Å². The lowest BCUT2D eigenvalue weighted by Crippen LogP contribution is -2.32. The van der Waals surface area contributed by atoms with Gasteiger partial charge in [0.25, 0.3) is 0 Å². The number of alkyl halides is 1. The maximum Gasteiger partial charge on any atom is 0.312 e. The third-order valence-electron chi connectivity index (χ3n) is 3.10. The van der Waals surface area contributed by atoms with Crippen molar-refractivity contribution >= 4 is 21.9 Å². The van der Waals surface area contributed by atoms with Crippen molar-refractivity contribution in [2.45, 2.75) is 52.9 Å². The summed E-state index contributed by atoms with van der Waals surface area (Å²) in [7, 11) is 0. The largest absolute Gasteiger partial charge is 0.466 e. The van der Waals surface area contributed by atoms with E-state index in [1.807, 2.05) is 6.92 Å². The summed E-state index contributed by atoms with van der Waals surface area (Å²) < 4.78 is 5.17. The normalized spacial score (nSPS) is 11.5. The van der Waals surface area contributed by atoms with Crippen LogP contribution in [0.4, 0.5) is 0 Å². The highest BCUT2D eigenvalue weighted by molar-refractivity contribution is 9.09.